The summed E-state index contributed by atoms with van der Waals surface area (Å²) in [4.78, 5) is 14.7. The third-order valence-electron chi connectivity index (χ3n) is 4.25. The van der Waals surface area contributed by atoms with Gasteiger partial charge in [0, 0.05) is 19.1 Å². The highest BCUT2D eigenvalue weighted by Crippen LogP contribution is 2.27. The highest BCUT2D eigenvalue weighted by atomic mass is 32.2. The Bertz CT molecular complexity index is 860. The van der Waals surface area contributed by atoms with Crippen molar-refractivity contribution < 1.29 is 17.9 Å². The van der Waals surface area contributed by atoms with Crippen LogP contribution in [0.2, 0.25) is 0 Å². The molecular weight excluding hydrogens is 352 g/mol. The molecule has 0 aliphatic carbocycles. The Kier molecular flexibility index (Phi) is 5.58. The topological polar surface area (TPSA) is 75.7 Å². The number of benzene rings is 2. The first-order valence-corrected chi connectivity index (χ1v) is 10.4. The highest BCUT2D eigenvalue weighted by Gasteiger charge is 2.26. The molecule has 1 saturated heterocycles. The van der Waals surface area contributed by atoms with Gasteiger partial charge in [-0.2, -0.15) is 0 Å². The van der Waals surface area contributed by atoms with Crippen LogP contribution in [-0.4, -0.2) is 44.6 Å². The van der Waals surface area contributed by atoms with Crippen molar-refractivity contribution in [2.75, 3.05) is 19.3 Å². The molecule has 138 valence electrons. The quantitative estimate of drug-likeness (QED) is 0.873. The van der Waals surface area contributed by atoms with E-state index in [1.165, 1.54) is 0 Å². The Morgan fingerprint density at radius 3 is 2.31 bits per heavy atom. The molecule has 2 aromatic carbocycles. The smallest absolute Gasteiger partial charge is 0.257 e. The van der Waals surface area contributed by atoms with Crippen LogP contribution in [0.25, 0.3) is 0 Å². The van der Waals surface area contributed by atoms with Crippen LogP contribution < -0.4 is 9.46 Å². The number of ether oxygens (including phenoxy) is 1. The van der Waals surface area contributed by atoms with E-state index in [1.54, 1.807) is 17.0 Å². The van der Waals surface area contributed by atoms with Gasteiger partial charge in [0.25, 0.3) is 5.91 Å². The summed E-state index contributed by atoms with van der Waals surface area (Å²) in [5.41, 5.74) is 0.505. The third kappa shape index (κ3) is 4.83. The maximum atomic E-state index is 12.9. The zero-order valence-electron chi connectivity index (χ0n) is 14.6. The summed E-state index contributed by atoms with van der Waals surface area (Å²) in [7, 11) is -3.23. The van der Waals surface area contributed by atoms with E-state index in [0.29, 0.717) is 43.0 Å². The van der Waals surface area contributed by atoms with E-state index in [0.717, 1.165) is 6.26 Å². The van der Waals surface area contributed by atoms with Crippen molar-refractivity contribution in [3.8, 4) is 11.5 Å². The summed E-state index contributed by atoms with van der Waals surface area (Å²) in [5, 5.41) is 0. The number of nitrogens with one attached hydrogen (secondary N) is 1. The van der Waals surface area contributed by atoms with Crippen molar-refractivity contribution in [2.45, 2.75) is 18.9 Å². The van der Waals surface area contributed by atoms with Crippen molar-refractivity contribution in [1.82, 2.24) is 9.62 Å². The summed E-state index contributed by atoms with van der Waals surface area (Å²) in [6, 6.07) is 16.4. The summed E-state index contributed by atoms with van der Waals surface area (Å²) in [6.45, 7) is 1.01. The molecular formula is C19H22N2O4S. The number of carbonyl (C=O) groups excluding carboxylic acids is 1. The molecule has 6 nitrogen and oxygen atoms in total. The molecule has 1 aliphatic heterocycles. The maximum absolute atomic E-state index is 12.9. The lowest BCUT2D eigenvalue weighted by Gasteiger charge is -2.32. The Morgan fingerprint density at radius 2 is 1.65 bits per heavy atom. The van der Waals surface area contributed by atoms with Crippen molar-refractivity contribution in [1.29, 1.82) is 0 Å². The number of hydrogen-bond acceptors (Lipinski definition) is 4. The second kappa shape index (κ2) is 7.88. The van der Waals surface area contributed by atoms with Gasteiger partial charge >= 0.3 is 0 Å². The van der Waals surface area contributed by atoms with E-state index in [2.05, 4.69) is 4.72 Å². The van der Waals surface area contributed by atoms with Gasteiger partial charge in [-0.1, -0.05) is 30.3 Å². The minimum atomic E-state index is -3.23. The van der Waals surface area contributed by atoms with Gasteiger partial charge < -0.3 is 9.64 Å². The predicted molar refractivity (Wildman–Crippen MR) is 99.9 cm³/mol. The number of carbonyl (C=O) groups is 1. The van der Waals surface area contributed by atoms with Gasteiger partial charge in [-0.05, 0) is 37.1 Å². The second-order valence-electron chi connectivity index (χ2n) is 6.37. The lowest BCUT2D eigenvalue weighted by atomic mass is 10.0. The van der Waals surface area contributed by atoms with Crippen LogP contribution in [0.15, 0.2) is 54.6 Å². The molecule has 3 rings (SSSR count). The fourth-order valence-corrected chi connectivity index (χ4v) is 3.86. The number of amides is 1. The molecule has 1 N–H and O–H groups in total. The van der Waals surface area contributed by atoms with E-state index < -0.39 is 10.0 Å². The molecule has 2 aromatic rings. The lowest BCUT2D eigenvalue weighted by Crippen LogP contribution is -2.46. The van der Waals surface area contributed by atoms with Gasteiger partial charge in [0.15, 0.2) is 0 Å². The molecule has 0 atom stereocenters. The number of hydrogen-bond donors (Lipinski definition) is 1. The molecule has 7 heteroatoms. The fourth-order valence-electron chi connectivity index (χ4n) is 3.02. The van der Waals surface area contributed by atoms with E-state index >= 15 is 0 Å². The SMILES string of the molecule is CS(=O)(=O)NC1CCN(C(=O)c2ccccc2Oc2ccccc2)CC1. The summed E-state index contributed by atoms with van der Waals surface area (Å²) >= 11 is 0. The van der Waals surface area contributed by atoms with Crippen LogP contribution >= 0.6 is 0 Å². The standard InChI is InChI=1S/C19H22N2O4S/c1-26(23,24)20-15-11-13-21(14-12-15)19(22)17-9-5-6-10-18(17)25-16-7-3-2-4-8-16/h2-10,15,20H,11-14H2,1H3. The lowest BCUT2D eigenvalue weighted by molar-refractivity contribution is 0.0709. The van der Waals surface area contributed by atoms with Gasteiger partial charge in [0.2, 0.25) is 10.0 Å². The first-order chi connectivity index (χ1) is 12.4. The molecule has 1 fully saturated rings. The van der Waals surface area contributed by atoms with Crippen LogP contribution in [0.1, 0.15) is 23.2 Å². The zero-order valence-corrected chi connectivity index (χ0v) is 15.4. The van der Waals surface area contributed by atoms with Gasteiger partial charge in [0.05, 0.1) is 11.8 Å². The van der Waals surface area contributed by atoms with Crippen LogP contribution in [0, 0.1) is 0 Å². The second-order valence-corrected chi connectivity index (χ2v) is 8.15. The average molecular weight is 374 g/mol. The van der Waals surface area contributed by atoms with Gasteiger partial charge in [-0.25, -0.2) is 13.1 Å². The molecule has 26 heavy (non-hydrogen) atoms. The largest absolute Gasteiger partial charge is 0.457 e. The molecule has 0 radical (unpaired) electrons. The molecule has 0 spiro atoms. The molecule has 0 bridgehead atoms. The molecule has 1 amide bonds. The van der Waals surface area contributed by atoms with E-state index in [4.69, 9.17) is 4.74 Å². The Hall–Kier alpha value is -2.38. The molecule has 0 aromatic heterocycles. The zero-order chi connectivity index (χ0) is 18.6. The minimum Gasteiger partial charge on any atom is -0.457 e. The summed E-state index contributed by atoms with van der Waals surface area (Å²) in [5.74, 6) is 1.08. The number of piperidine rings is 1. The van der Waals surface area contributed by atoms with Crippen molar-refractivity contribution >= 4 is 15.9 Å². The summed E-state index contributed by atoms with van der Waals surface area (Å²) in [6.07, 6.45) is 2.35. The van der Waals surface area contributed by atoms with Crippen molar-refractivity contribution in [3.05, 3.63) is 60.2 Å². The Balaban J connectivity index is 1.69. The first kappa shape index (κ1) is 18.4. The van der Waals surface area contributed by atoms with Crippen molar-refractivity contribution in [3.63, 3.8) is 0 Å². The third-order valence-corrected chi connectivity index (χ3v) is 5.01. The van der Waals surface area contributed by atoms with E-state index in [-0.39, 0.29) is 11.9 Å². The predicted octanol–water partition coefficient (Wildman–Crippen LogP) is 2.63. The molecule has 1 heterocycles. The van der Waals surface area contributed by atoms with Crippen molar-refractivity contribution in [2.24, 2.45) is 0 Å². The van der Waals surface area contributed by atoms with Gasteiger partial charge in [0.1, 0.15) is 11.5 Å². The van der Waals surface area contributed by atoms with Crippen LogP contribution in [0.4, 0.5) is 0 Å². The Labute approximate surface area is 153 Å². The van der Waals surface area contributed by atoms with E-state index in [9.17, 15) is 13.2 Å². The molecule has 0 unspecified atom stereocenters. The van der Waals surface area contributed by atoms with Crippen LogP contribution in [0.5, 0.6) is 11.5 Å². The number of rotatable bonds is 5. The molecule has 1 aliphatic rings. The molecule has 0 saturated carbocycles. The monoisotopic (exact) mass is 374 g/mol. The Morgan fingerprint density at radius 1 is 1.04 bits per heavy atom. The number of sulfonamides is 1. The fraction of sp³-hybridized carbons (Fsp3) is 0.316. The minimum absolute atomic E-state index is 0.102. The maximum Gasteiger partial charge on any atom is 0.257 e. The normalized spacial score (nSPS) is 15.7. The van der Waals surface area contributed by atoms with Gasteiger partial charge in [-0.3, -0.25) is 4.79 Å². The number of nitrogens with zero attached hydrogens (tertiary/aromatic N) is 1. The highest BCUT2D eigenvalue weighted by molar-refractivity contribution is 7.88. The first-order valence-electron chi connectivity index (χ1n) is 8.51. The number of para-hydroxylation sites is 2. The average Bonchev–Trinajstić information content (AvgIpc) is 2.62. The van der Waals surface area contributed by atoms with Crippen LogP contribution in [0.3, 0.4) is 0 Å². The number of likely N-dealkylation sites (tertiary alicyclic amines) is 1. The van der Waals surface area contributed by atoms with Crippen LogP contribution in [-0.2, 0) is 10.0 Å². The van der Waals surface area contributed by atoms with E-state index in [1.807, 2.05) is 42.5 Å². The summed E-state index contributed by atoms with van der Waals surface area (Å²) < 4.78 is 31.2. The van der Waals surface area contributed by atoms with Gasteiger partial charge in [-0.15, -0.1) is 0 Å².